The Bertz CT molecular complexity index is 881. The molecule has 3 aromatic rings. The number of fused-ring (bicyclic) bond motifs is 1. The maximum absolute atomic E-state index is 11.4. The summed E-state index contributed by atoms with van der Waals surface area (Å²) in [6, 6.07) is 15.7. The number of aromatic nitrogens is 2. The van der Waals surface area contributed by atoms with Crippen LogP contribution in [0.5, 0.6) is 0 Å². The number of anilines is 1. The fraction of sp³-hybridized carbons (Fsp3) is 0.125. The lowest BCUT2D eigenvalue weighted by Gasteiger charge is -2.16. The summed E-state index contributed by atoms with van der Waals surface area (Å²) in [5.74, 6) is 0. The highest BCUT2D eigenvalue weighted by molar-refractivity contribution is 5.78. The van der Waals surface area contributed by atoms with E-state index < -0.39 is 11.1 Å². The number of aromatic amines is 2. The van der Waals surface area contributed by atoms with Gasteiger partial charge in [0.1, 0.15) is 0 Å². The fourth-order valence-corrected chi connectivity index (χ4v) is 2.28. The van der Waals surface area contributed by atoms with Gasteiger partial charge in [0.05, 0.1) is 11.0 Å². The molecule has 5 nitrogen and oxygen atoms in total. The van der Waals surface area contributed by atoms with Gasteiger partial charge in [0.15, 0.2) is 0 Å². The first-order valence-corrected chi connectivity index (χ1v) is 6.71. The van der Waals surface area contributed by atoms with E-state index in [2.05, 4.69) is 34.3 Å². The van der Waals surface area contributed by atoms with Gasteiger partial charge >= 0.3 is 11.1 Å². The molecular weight excluding hydrogens is 266 g/mol. The van der Waals surface area contributed by atoms with E-state index in [0.717, 1.165) is 5.69 Å². The van der Waals surface area contributed by atoms with Crippen LogP contribution in [0.2, 0.25) is 0 Å². The smallest absolute Gasteiger partial charge is 0.314 e. The van der Waals surface area contributed by atoms with E-state index in [1.807, 2.05) is 30.3 Å². The van der Waals surface area contributed by atoms with E-state index in [0.29, 0.717) is 11.0 Å². The van der Waals surface area contributed by atoms with Gasteiger partial charge in [-0.1, -0.05) is 30.3 Å². The number of benzene rings is 2. The quantitative estimate of drug-likeness (QED) is 0.645. The van der Waals surface area contributed by atoms with Gasteiger partial charge in [0.25, 0.3) is 0 Å². The lowest BCUT2D eigenvalue weighted by atomic mass is 10.1. The number of rotatable bonds is 3. The third-order valence-electron chi connectivity index (χ3n) is 3.40. The van der Waals surface area contributed by atoms with Crippen molar-refractivity contribution < 1.29 is 0 Å². The molecule has 3 N–H and O–H groups in total. The second-order valence-corrected chi connectivity index (χ2v) is 4.95. The third-order valence-corrected chi connectivity index (χ3v) is 3.40. The van der Waals surface area contributed by atoms with Crippen molar-refractivity contribution in [2.24, 2.45) is 0 Å². The second kappa shape index (κ2) is 5.28. The van der Waals surface area contributed by atoms with E-state index in [1.54, 1.807) is 6.07 Å². The minimum atomic E-state index is -0.643. The lowest BCUT2D eigenvalue weighted by Crippen LogP contribution is -2.28. The van der Waals surface area contributed by atoms with Crippen LogP contribution in [0.1, 0.15) is 18.5 Å². The van der Waals surface area contributed by atoms with E-state index in [-0.39, 0.29) is 6.04 Å². The summed E-state index contributed by atoms with van der Waals surface area (Å²) < 4.78 is 0. The van der Waals surface area contributed by atoms with Gasteiger partial charge in [-0.3, -0.25) is 9.59 Å². The molecule has 0 amide bonds. The van der Waals surface area contributed by atoms with Crippen LogP contribution in [0.3, 0.4) is 0 Å². The Hall–Kier alpha value is -2.82. The van der Waals surface area contributed by atoms with Gasteiger partial charge in [-0.25, -0.2) is 0 Å². The van der Waals surface area contributed by atoms with E-state index in [9.17, 15) is 9.59 Å². The van der Waals surface area contributed by atoms with Crippen LogP contribution >= 0.6 is 0 Å². The summed E-state index contributed by atoms with van der Waals surface area (Å²) in [5, 5.41) is 3.37. The molecule has 0 aliphatic heterocycles. The summed E-state index contributed by atoms with van der Waals surface area (Å²) in [6.45, 7) is 2.06. The van der Waals surface area contributed by atoms with Crippen molar-refractivity contribution in [3.05, 3.63) is 74.8 Å². The zero-order valence-electron chi connectivity index (χ0n) is 11.5. The van der Waals surface area contributed by atoms with E-state index in [4.69, 9.17) is 0 Å². The Morgan fingerprint density at radius 1 is 0.905 bits per heavy atom. The van der Waals surface area contributed by atoms with Crippen LogP contribution < -0.4 is 16.4 Å². The maximum atomic E-state index is 11.4. The minimum absolute atomic E-state index is 0.137. The van der Waals surface area contributed by atoms with Gasteiger partial charge in [0.2, 0.25) is 0 Å². The summed E-state index contributed by atoms with van der Waals surface area (Å²) in [6.07, 6.45) is 0. The molecule has 0 bridgehead atoms. The Balaban J connectivity index is 1.93. The number of hydrogen-bond donors (Lipinski definition) is 3. The van der Waals surface area contributed by atoms with Crippen LogP contribution in [0.15, 0.2) is 58.1 Å². The molecule has 0 aliphatic carbocycles. The summed E-state index contributed by atoms with van der Waals surface area (Å²) in [7, 11) is 0. The molecule has 3 rings (SSSR count). The molecule has 2 aromatic carbocycles. The molecule has 21 heavy (non-hydrogen) atoms. The van der Waals surface area contributed by atoms with E-state index >= 15 is 0 Å². The van der Waals surface area contributed by atoms with E-state index in [1.165, 1.54) is 5.56 Å². The second-order valence-electron chi connectivity index (χ2n) is 4.95. The average molecular weight is 281 g/mol. The number of H-pyrrole nitrogens is 2. The largest absolute Gasteiger partial charge is 0.378 e. The first-order chi connectivity index (χ1) is 10.1. The van der Waals surface area contributed by atoms with Gasteiger partial charge in [0, 0.05) is 11.7 Å². The molecule has 1 atom stereocenters. The first-order valence-electron chi connectivity index (χ1n) is 6.71. The van der Waals surface area contributed by atoms with Gasteiger partial charge in [-0.05, 0) is 30.7 Å². The maximum Gasteiger partial charge on any atom is 0.314 e. The van der Waals surface area contributed by atoms with Crippen molar-refractivity contribution in [1.82, 2.24) is 9.97 Å². The molecule has 5 heteroatoms. The summed E-state index contributed by atoms with van der Waals surface area (Å²) in [4.78, 5) is 27.7. The predicted octanol–water partition coefficient (Wildman–Crippen LogP) is 2.39. The highest BCUT2D eigenvalue weighted by Crippen LogP contribution is 2.20. The zero-order valence-corrected chi connectivity index (χ0v) is 11.5. The molecule has 1 heterocycles. The molecule has 1 aromatic heterocycles. The molecule has 1 unspecified atom stereocenters. The highest BCUT2D eigenvalue weighted by atomic mass is 16.2. The third kappa shape index (κ3) is 2.72. The van der Waals surface area contributed by atoms with Crippen LogP contribution in [-0.2, 0) is 0 Å². The molecular formula is C16H15N3O2. The molecule has 0 aliphatic rings. The zero-order chi connectivity index (χ0) is 14.8. The van der Waals surface area contributed by atoms with Gasteiger partial charge in [-0.2, -0.15) is 0 Å². The van der Waals surface area contributed by atoms with Crippen molar-refractivity contribution in [2.75, 3.05) is 5.32 Å². The van der Waals surface area contributed by atoms with Gasteiger partial charge < -0.3 is 15.3 Å². The molecule has 0 saturated heterocycles. The van der Waals surface area contributed by atoms with Gasteiger partial charge in [-0.15, -0.1) is 0 Å². The summed E-state index contributed by atoms with van der Waals surface area (Å²) in [5.41, 5.74) is 1.98. The van der Waals surface area contributed by atoms with Crippen molar-refractivity contribution in [3.63, 3.8) is 0 Å². The Morgan fingerprint density at radius 3 is 2.29 bits per heavy atom. The first kappa shape index (κ1) is 13.2. The SMILES string of the molecule is CC(Nc1ccc2[nH]c(=O)c(=O)[nH]c2c1)c1ccccc1. The Morgan fingerprint density at radius 2 is 1.57 bits per heavy atom. The van der Waals surface area contributed by atoms with Crippen LogP contribution in [0.25, 0.3) is 11.0 Å². The average Bonchev–Trinajstić information content (AvgIpc) is 2.49. The summed E-state index contributed by atoms with van der Waals surface area (Å²) >= 11 is 0. The highest BCUT2D eigenvalue weighted by Gasteiger charge is 2.06. The van der Waals surface area contributed by atoms with Crippen LogP contribution in [-0.4, -0.2) is 9.97 Å². The Labute approximate surface area is 120 Å². The molecule has 0 fully saturated rings. The molecule has 0 radical (unpaired) electrons. The molecule has 106 valence electrons. The monoisotopic (exact) mass is 281 g/mol. The minimum Gasteiger partial charge on any atom is -0.378 e. The number of nitrogens with one attached hydrogen (secondary N) is 3. The predicted molar refractivity (Wildman–Crippen MR) is 83.7 cm³/mol. The normalized spacial score (nSPS) is 12.2. The number of hydrogen-bond acceptors (Lipinski definition) is 3. The molecule has 0 spiro atoms. The van der Waals surface area contributed by atoms with Crippen LogP contribution in [0, 0.1) is 0 Å². The van der Waals surface area contributed by atoms with Crippen molar-refractivity contribution in [2.45, 2.75) is 13.0 Å². The molecule has 0 saturated carbocycles. The van der Waals surface area contributed by atoms with Crippen molar-refractivity contribution >= 4 is 16.7 Å². The standard InChI is InChI=1S/C16H15N3O2/c1-10(11-5-3-2-4-6-11)17-12-7-8-13-14(9-12)19-16(21)15(20)18-13/h2-10,17H,1H3,(H,18,20)(H,19,21). The Kier molecular flexibility index (Phi) is 3.31. The topological polar surface area (TPSA) is 77.8 Å². The van der Waals surface area contributed by atoms with Crippen LogP contribution in [0.4, 0.5) is 5.69 Å². The van der Waals surface area contributed by atoms with Crippen molar-refractivity contribution in [3.8, 4) is 0 Å². The lowest BCUT2D eigenvalue weighted by molar-refractivity contribution is 0.885. The van der Waals surface area contributed by atoms with Crippen molar-refractivity contribution in [1.29, 1.82) is 0 Å². The fourth-order valence-electron chi connectivity index (χ4n) is 2.28.